The molecule has 0 unspecified atom stereocenters. The van der Waals surface area contributed by atoms with Gasteiger partial charge in [-0.05, 0) is 23.7 Å². The number of halogens is 7. The summed E-state index contributed by atoms with van der Waals surface area (Å²) >= 11 is 5.26. The summed E-state index contributed by atoms with van der Waals surface area (Å²) in [5.41, 5.74) is -0.211. The van der Waals surface area contributed by atoms with Crippen LogP contribution in [0.5, 0.6) is 11.5 Å². The lowest BCUT2D eigenvalue weighted by Crippen LogP contribution is -2.14. The minimum Gasteiger partial charge on any atom is -0.493 e. The highest BCUT2D eigenvalue weighted by atomic mass is 35.5. The van der Waals surface area contributed by atoms with E-state index in [4.69, 9.17) is 21.1 Å². The predicted molar refractivity (Wildman–Crippen MR) is 69.0 cm³/mol. The van der Waals surface area contributed by atoms with E-state index in [0.717, 1.165) is 12.1 Å². The van der Waals surface area contributed by atoms with Gasteiger partial charge in [0, 0.05) is 6.07 Å². The summed E-state index contributed by atoms with van der Waals surface area (Å²) in [5, 5.41) is -0.978. The first-order valence-corrected chi connectivity index (χ1v) is 6.59. The molecule has 0 atom stereocenters. The number of hydrogen-bond acceptors (Lipinski definition) is 3. The van der Waals surface area contributed by atoms with Gasteiger partial charge in [0.05, 0.1) is 31.6 Å². The Morgan fingerprint density at radius 1 is 0.957 bits per heavy atom. The molecular formula is C13H11ClF6O3. The fraction of sp³-hybridized carbons (Fsp3) is 0.462. The van der Waals surface area contributed by atoms with Gasteiger partial charge in [-0.25, -0.2) is 0 Å². The summed E-state index contributed by atoms with van der Waals surface area (Å²) < 4.78 is 81.9. The molecule has 0 bridgehead atoms. The Labute approximate surface area is 132 Å². The van der Waals surface area contributed by atoms with E-state index in [1.54, 1.807) is 0 Å². The zero-order valence-corrected chi connectivity index (χ0v) is 12.2. The molecule has 0 aliphatic carbocycles. The van der Waals surface area contributed by atoms with Gasteiger partial charge in [0.25, 0.3) is 5.24 Å². The molecule has 0 aromatic heterocycles. The molecule has 10 heteroatoms. The normalized spacial score (nSPS) is 12.1. The standard InChI is InChI=1S/C13H11ClF6O3/c14-11(21)9-2-1-8(22-5-3-12(15,16)17)7-10(9)23-6-4-13(18,19)20/h1-2,7H,3-6H2. The summed E-state index contributed by atoms with van der Waals surface area (Å²) in [6, 6.07) is 3.28. The van der Waals surface area contributed by atoms with Crippen LogP contribution >= 0.6 is 11.6 Å². The average Bonchev–Trinajstić information content (AvgIpc) is 2.35. The molecule has 1 rings (SSSR count). The second kappa shape index (κ2) is 7.76. The number of alkyl halides is 6. The van der Waals surface area contributed by atoms with Crippen LogP contribution < -0.4 is 9.47 Å². The van der Waals surface area contributed by atoms with Crippen molar-refractivity contribution in [3.63, 3.8) is 0 Å². The summed E-state index contributed by atoms with van der Waals surface area (Å²) in [6.45, 7) is -1.45. The number of carbonyl (C=O) groups excluding carboxylic acids is 1. The van der Waals surface area contributed by atoms with E-state index in [2.05, 4.69) is 0 Å². The molecule has 0 radical (unpaired) electrons. The van der Waals surface area contributed by atoms with Gasteiger partial charge < -0.3 is 9.47 Å². The van der Waals surface area contributed by atoms with Crippen LogP contribution in [0.15, 0.2) is 18.2 Å². The summed E-state index contributed by atoms with van der Waals surface area (Å²) in [4.78, 5) is 11.2. The fourth-order valence-electron chi connectivity index (χ4n) is 1.44. The first kappa shape index (κ1) is 19.4. The van der Waals surface area contributed by atoms with Gasteiger partial charge in [0.1, 0.15) is 11.5 Å². The van der Waals surface area contributed by atoms with Crippen molar-refractivity contribution in [3.8, 4) is 11.5 Å². The Bertz CT molecular complexity index is 541. The number of rotatable bonds is 7. The summed E-state index contributed by atoms with van der Waals surface area (Å²) in [7, 11) is 0. The van der Waals surface area contributed by atoms with Gasteiger partial charge in [-0.3, -0.25) is 4.79 Å². The van der Waals surface area contributed by atoms with E-state index in [0.29, 0.717) is 0 Å². The van der Waals surface area contributed by atoms with Crippen LogP contribution in [-0.2, 0) is 0 Å². The van der Waals surface area contributed by atoms with E-state index in [1.165, 1.54) is 6.07 Å². The molecule has 0 amide bonds. The highest BCUT2D eigenvalue weighted by Crippen LogP contribution is 2.28. The molecule has 0 fully saturated rings. The molecular weight excluding hydrogens is 354 g/mol. The monoisotopic (exact) mass is 364 g/mol. The van der Waals surface area contributed by atoms with Crippen LogP contribution in [0.25, 0.3) is 0 Å². The largest absolute Gasteiger partial charge is 0.493 e. The number of benzene rings is 1. The minimum absolute atomic E-state index is 0.0853. The molecule has 0 N–H and O–H groups in total. The molecule has 0 aliphatic rings. The Morgan fingerprint density at radius 3 is 1.96 bits per heavy atom. The first-order chi connectivity index (χ1) is 10.5. The van der Waals surface area contributed by atoms with Crippen LogP contribution in [0.3, 0.4) is 0 Å². The lowest BCUT2D eigenvalue weighted by atomic mass is 10.2. The Hall–Kier alpha value is -1.64. The number of hydrogen-bond donors (Lipinski definition) is 0. The number of carbonyl (C=O) groups is 1. The Balaban J connectivity index is 2.76. The van der Waals surface area contributed by atoms with Crippen molar-refractivity contribution in [1.82, 2.24) is 0 Å². The van der Waals surface area contributed by atoms with Gasteiger partial charge in [0.2, 0.25) is 0 Å². The van der Waals surface area contributed by atoms with Crippen LogP contribution in [-0.4, -0.2) is 30.8 Å². The predicted octanol–water partition coefficient (Wildman–Crippen LogP) is 4.73. The first-order valence-electron chi connectivity index (χ1n) is 6.21. The van der Waals surface area contributed by atoms with Gasteiger partial charge in [0.15, 0.2) is 0 Å². The minimum atomic E-state index is -4.45. The van der Waals surface area contributed by atoms with Gasteiger partial charge in [-0.15, -0.1) is 0 Å². The zero-order chi connectivity index (χ0) is 17.7. The topological polar surface area (TPSA) is 35.5 Å². The maximum Gasteiger partial charge on any atom is 0.392 e. The fourth-order valence-corrected chi connectivity index (χ4v) is 1.59. The second-order valence-electron chi connectivity index (χ2n) is 4.36. The SMILES string of the molecule is O=C(Cl)c1ccc(OCCC(F)(F)F)cc1OCCC(F)(F)F. The maximum atomic E-state index is 12.1. The molecule has 0 saturated carbocycles. The van der Waals surface area contributed by atoms with Gasteiger partial charge in [-0.2, -0.15) is 26.3 Å². The molecule has 1 aromatic rings. The maximum absolute atomic E-state index is 12.1. The van der Waals surface area contributed by atoms with E-state index in [-0.39, 0.29) is 17.1 Å². The van der Waals surface area contributed by atoms with E-state index >= 15 is 0 Å². The lowest BCUT2D eigenvalue weighted by molar-refractivity contribution is -0.140. The molecule has 130 valence electrons. The molecule has 0 saturated heterocycles. The quantitative estimate of drug-likeness (QED) is 0.518. The van der Waals surface area contributed by atoms with Crippen molar-refractivity contribution < 1.29 is 40.6 Å². The lowest BCUT2D eigenvalue weighted by Gasteiger charge is -2.13. The summed E-state index contributed by atoms with van der Waals surface area (Å²) in [5.74, 6) is -0.378. The molecule has 0 aliphatic heterocycles. The molecule has 1 aromatic carbocycles. The third kappa shape index (κ3) is 7.96. The zero-order valence-electron chi connectivity index (χ0n) is 11.4. The third-order valence-electron chi connectivity index (χ3n) is 2.46. The Kier molecular flexibility index (Phi) is 6.55. The van der Waals surface area contributed by atoms with Crippen LogP contribution in [0.4, 0.5) is 26.3 Å². The highest BCUT2D eigenvalue weighted by molar-refractivity contribution is 6.68. The van der Waals surface area contributed by atoms with Crippen molar-refractivity contribution in [3.05, 3.63) is 23.8 Å². The molecule has 3 nitrogen and oxygen atoms in total. The highest BCUT2D eigenvalue weighted by Gasteiger charge is 2.28. The van der Waals surface area contributed by atoms with Crippen LogP contribution in [0, 0.1) is 0 Å². The van der Waals surface area contributed by atoms with E-state index in [1.807, 2.05) is 0 Å². The van der Waals surface area contributed by atoms with Crippen molar-refractivity contribution >= 4 is 16.8 Å². The van der Waals surface area contributed by atoms with E-state index < -0.39 is 43.7 Å². The van der Waals surface area contributed by atoms with Crippen LogP contribution in [0.2, 0.25) is 0 Å². The Morgan fingerprint density at radius 2 is 1.48 bits per heavy atom. The number of ether oxygens (including phenoxy) is 2. The molecule has 0 heterocycles. The van der Waals surface area contributed by atoms with Crippen molar-refractivity contribution in [1.29, 1.82) is 0 Å². The average molecular weight is 365 g/mol. The summed E-state index contributed by atoms with van der Waals surface area (Å²) in [6.07, 6.45) is -11.3. The van der Waals surface area contributed by atoms with Crippen molar-refractivity contribution in [2.24, 2.45) is 0 Å². The molecule has 0 spiro atoms. The third-order valence-corrected chi connectivity index (χ3v) is 2.67. The smallest absolute Gasteiger partial charge is 0.392 e. The van der Waals surface area contributed by atoms with Crippen LogP contribution in [0.1, 0.15) is 23.2 Å². The van der Waals surface area contributed by atoms with Crippen molar-refractivity contribution in [2.75, 3.05) is 13.2 Å². The van der Waals surface area contributed by atoms with E-state index in [9.17, 15) is 31.1 Å². The van der Waals surface area contributed by atoms with Gasteiger partial charge in [-0.1, -0.05) is 0 Å². The second-order valence-corrected chi connectivity index (χ2v) is 4.70. The van der Waals surface area contributed by atoms with Gasteiger partial charge >= 0.3 is 12.4 Å². The van der Waals surface area contributed by atoms with Crippen molar-refractivity contribution in [2.45, 2.75) is 25.2 Å². The molecule has 23 heavy (non-hydrogen) atoms.